The zero-order valence-electron chi connectivity index (χ0n) is 18.1. The summed E-state index contributed by atoms with van der Waals surface area (Å²) in [7, 11) is -3.34. The van der Waals surface area contributed by atoms with Gasteiger partial charge in [-0.05, 0) is 42.2 Å². The molecule has 0 aliphatic heterocycles. The highest BCUT2D eigenvalue weighted by atomic mass is 35.5. The van der Waals surface area contributed by atoms with Crippen molar-refractivity contribution in [3.05, 3.63) is 101 Å². The number of sulfone groups is 1. The highest BCUT2D eigenvalue weighted by Crippen LogP contribution is 2.20. The smallest absolute Gasteiger partial charge is 0.253 e. The van der Waals surface area contributed by atoms with Crippen molar-refractivity contribution in [3.8, 4) is 0 Å². The Labute approximate surface area is 198 Å². The van der Waals surface area contributed by atoms with Gasteiger partial charge in [0.2, 0.25) is 5.91 Å². The van der Waals surface area contributed by atoms with E-state index in [9.17, 15) is 18.0 Å². The maximum atomic E-state index is 13.1. The molecule has 0 unspecified atom stereocenters. The van der Waals surface area contributed by atoms with Crippen LogP contribution >= 0.6 is 11.6 Å². The molecule has 1 atom stereocenters. The Morgan fingerprint density at radius 1 is 0.909 bits per heavy atom. The van der Waals surface area contributed by atoms with Crippen molar-refractivity contribution in [1.82, 2.24) is 5.32 Å². The van der Waals surface area contributed by atoms with Gasteiger partial charge in [-0.1, -0.05) is 72.3 Å². The van der Waals surface area contributed by atoms with Gasteiger partial charge in [0.05, 0.1) is 16.3 Å². The summed E-state index contributed by atoms with van der Waals surface area (Å²) in [5, 5.41) is 5.73. The number of carbonyl (C=O) groups excluding carboxylic acids is 2. The number of amides is 2. The van der Waals surface area contributed by atoms with Crippen LogP contribution in [-0.2, 0) is 21.1 Å². The predicted molar refractivity (Wildman–Crippen MR) is 131 cm³/mol. The van der Waals surface area contributed by atoms with Crippen molar-refractivity contribution in [2.45, 2.75) is 18.9 Å². The van der Waals surface area contributed by atoms with Gasteiger partial charge >= 0.3 is 0 Å². The summed E-state index contributed by atoms with van der Waals surface area (Å²) in [6, 6.07) is 22.6. The largest absolute Gasteiger partial charge is 0.340 e. The minimum atomic E-state index is -3.34. The number of hydrogen-bond acceptors (Lipinski definition) is 4. The maximum Gasteiger partial charge on any atom is 0.253 e. The van der Waals surface area contributed by atoms with Crippen molar-refractivity contribution in [2.75, 3.05) is 17.3 Å². The number of hydrogen-bond donors (Lipinski definition) is 2. The molecule has 3 aromatic rings. The van der Waals surface area contributed by atoms with Crippen LogP contribution in [0.15, 0.2) is 78.9 Å². The molecule has 0 aromatic heterocycles. The Morgan fingerprint density at radius 3 is 2.24 bits per heavy atom. The fraction of sp³-hybridized carbons (Fsp3) is 0.200. The number of para-hydroxylation sites is 1. The standard InChI is InChI=1S/C25H25ClN2O4S/c1-33(31,32)16-15-23(28-24(29)20-12-6-7-13-21(20)26)25(30)27-22-14-8-5-11-19(22)17-18-9-3-2-4-10-18/h2-14,23H,15-17H2,1H3,(H,27,30)(H,28,29)/t23-/m0/s1. The van der Waals surface area contributed by atoms with Crippen molar-refractivity contribution < 1.29 is 18.0 Å². The molecule has 0 saturated carbocycles. The van der Waals surface area contributed by atoms with E-state index in [4.69, 9.17) is 11.6 Å². The maximum absolute atomic E-state index is 13.1. The molecular formula is C25H25ClN2O4S. The van der Waals surface area contributed by atoms with Crippen LogP contribution < -0.4 is 10.6 Å². The molecular weight excluding hydrogens is 460 g/mol. The topological polar surface area (TPSA) is 92.3 Å². The first-order chi connectivity index (χ1) is 15.7. The molecule has 0 bridgehead atoms. The predicted octanol–water partition coefficient (Wildman–Crippen LogP) is 4.10. The quantitative estimate of drug-likeness (QED) is 0.478. The van der Waals surface area contributed by atoms with Crippen molar-refractivity contribution in [1.29, 1.82) is 0 Å². The monoisotopic (exact) mass is 484 g/mol. The lowest BCUT2D eigenvalue weighted by Gasteiger charge is -2.20. The van der Waals surface area contributed by atoms with Crippen molar-refractivity contribution >= 4 is 38.9 Å². The summed E-state index contributed by atoms with van der Waals surface area (Å²) in [5.74, 6) is -1.30. The third kappa shape index (κ3) is 7.44. The lowest BCUT2D eigenvalue weighted by atomic mass is 10.0. The second-order valence-electron chi connectivity index (χ2n) is 7.73. The Kier molecular flexibility index (Phi) is 8.25. The lowest BCUT2D eigenvalue weighted by molar-refractivity contribution is -0.118. The average Bonchev–Trinajstić information content (AvgIpc) is 2.78. The van der Waals surface area contributed by atoms with Gasteiger partial charge in [-0.3, -0.25) is 9.59 Å². The van der Waals surface area contributed by atoms with E-state index in [0.29, 0.717) is 12.1 Å². The van der Waals surface area contributed by atoms with Gasteiger partial charge in [-0.2, -0.15) is 0 Å². The van der Waals surface area contributed by atoms with E-state index < -0.39 is 27.7 Å². The third-order valence-corrected chi connectivity index (χ3v) is 6.34. The van der Waals surface area contributed by atoms with Crippen LogP contribution in [0.3, 0.4) is 0 Å². The van der Waals surface area contributed by atoms with E-state index >= 15 is 0 Å². The van der Waals surface area contributed by atoms with Crippen LogP contribution in [0, 0.1) is 0 Å². The molecule has 6 nitrogen and oxygen atoms in total. The summed E-state index contributed by atoms with van der Waals surface area (Å²) < 4.78 is 23.4. The first kappa shape index (κ1) is 24.5. The molecule has 3 rings (SSSR count). The number of halogens is 1. The molecule has 0 saturated heterocycles. The summed E-state index contributed by atoms with van der Waals surface area (Å²) >= 11 is 6.10. The fourth-order valence-electron chi connectivity index (χ4n) is 3.31. The van der Waals surface area contributed by atoms with Crippen LogP contribution in [0.1, 0.15) is 27.9 Å². The van der Waals surface area contributed by atoms with E-state index in [2.05, 4.69) is 10.6 Å². The molecule has 0 radical (unpaired) electrons. The molecule has 2 amide bonds. The van der Waals surface area contributed by atoms with Gasteiger partial charge in [-0.15, -0.1) is 0 Å². The Morgan fingerprint density at radius 2 is 1.55 bits per heavy atom. The van der Waals surface area contributed by atoms with Crippen LogP contribution in [0.4, 0.5) is 5.69 Å². The number of benzene rings is 3. The number of carbonyl (C=O) groups is 2. The molecule has 0 aliphatic carbocycles. The molecule has 2 N–H and O–H groups in total. The molecule has 172 valence electrons. The lowest BCUT2D eigenvalue weighted by Crippen LogP contribution is -2.45. The van der Waals surface area contributed by atoms with Crippen LogP contribution in [0.5, 0.6) is 0 Å². The highest BCUT2D eigenvalue weighted by molar-refractivity contribution is 7.90. The second kappa shape index (κ2) is 11.1. The molecule has 0 heterocycles. The number of nitrogens with one attached hydrogen (secondary N) is 2. The molecule has 3 aromatic carbocycles. The molecule has 8 heteroatoms. The summed E-state index contributed by atoms with van der Waals surface area (Å²) in [6.45, 7) is 0. The van der Waals surface area contributed by atoms with Crippen molar-refractivity contribution in [3.63, 3.8) is 0 Å². The van der Waals surface area contributed by atoms with E-state index in [1.54, 1.807) is 36.4 Å². The van der Waals surface area contributed by atoms with Crippen molar-refractivity contribution in [2.24, 2.45) is 0 Å². The first-order valence-electron chi connectivity index (χ1n) is 10.4. The zero-order chi connectivity index (χ0) is 23.8. The normalized spacial score (nSPS) is 12.1. The summed E-state index contributed by atoms with van der Waals surface area (Å²) in [6.07, 6.45) is 1.63. The molecule has 33 heavy (non-hydrogen) atoms. The van der Waals surface area contributed by atoms with Gasteiger partial charge in [0.15, 0.2) is 0 Å². The SMILES string of the molecule is CS(=O)(=O)CC[C@H](NC(=O)c1ccccc1Cl)C(=O)Nc1ccccc1Cc1ccccc1. The van der Waals surface area contributed by atoms with E-state index in [0.717, 1.165) is 17.4 Å². The molecule has 0 fully saturated rings. The highest BCUT2D eigenvalue weighted by Gasteiger charge is 2.24. The van der Waals surface area contributed by atoms with Gasteiger partial charge in [-0.25, -0.2) is 8.42 Å². The second-order valence-corrected chi connectivity index (χ2v) is 10.4. The third-order valence-electron chi connectivity index (χ3n) is 5.03. The minimum Gasteiger partial charge on any atom is -0.340 e. The van der Waals surface area contributed by atoms with E-state index in [1.807, 2.05) is 42.5 Å². The summed E-state index contributed by atoms with van der Waals surface area (Å²) in [5.41, 5.74) is 2.79. The van der Waals surface area contributed by atoms with Gasteiger partial charge in [0.1, 0.15) is 15.9 Å². The minimum absolute atomic E-state index is 0.0677. The van der Waals surface area contributed by atoms with Crippen LogP contribution in [-0.4, -0.2) is 38.3 Å². The summed E-state index contributed by atoms with van der Waals surface area (Å²) in [4.78, 5) is 25.9. The van der Waals surface area contributed by atoms with E-state index in [1.165, 1.54) is 0 Å². The van der Waals surface area contributed by atoms with Gasteiger partial charge < -0.3 is 10.6 Å². The van der Waals surface area contributed by atoms with E-state index in [-0.39, 0.29) is 22.8 Å². The number of rotatable bonds is 9. The Hall–Kier alpha value is -3.16. The zero-order valence-corrected chi connectivity index (χ0v) is 19.7. The van der Waals surface area contributed by atoms with Crippen LogP contribution in [0.25, 0.3) is 0 Å². The van der Waals surface area contributed by atoms with Gasteiger partial charge in [0.25, 0.3) is 5.91 Å². The fourth-order valence-corrected chi connectivity index (χ4v) is 4.20. The van der Waals surface area contributed by atoms with Gasteiger partial charge in [0, 0.05) is 11.9 Å². The first-order valence-corrected chi connectivity index (χ1v) is 12.8. The molecule has 0 aliphatic rings. The van der Waals surface area contributed by atoms with Crippen LogP contribution in [0.2, 0.25) is 5.02 Å². The number of anilines is 1. The molecule has 0 spiro atoms. The Balaban J connectivity index is 1.80. The average molecular weight is 485 g/mol. The Bertz CT molecular complexity index is 1230.